The Hall–Kier alpha value is -2.36. The fraction of sp³-hybridized carbons (Fsp3) is 0.143. The molecule has 0 unspecified atom stereocenters. The highest BCUT2D eigenvalue weighted by atomic mass is 16.5. The molecule has 1 heterocycles. The van der Waals surface area contributed by atoms with Crippen molar-refractivity contribution >= 4 is 21.8 Å². The van der Waals surface area contributed by atoms with E-state index in [1.54, 1.807) is 20.3 Å². The van der Waals surface area contributed by atoms with Crippen LogP contribution < -0.4 is 9.47 Å². The Kier molecular flexibility index (Phi) is 2.30. The topological polar surface area (TPSA) is 54.5 Å². The quantitative estimate of drug-likeness (QED) is 0.727. The van der Waals surface area contributed by atoms with E-state index in [4.69, 9.17) is 9.47 Å². The summed E-state index contributed by atoms with van der Waals surface area (Å²) in [6, 6.07) is 9.18. The van der Waals surface area contributed by atoms with Crippen LogP contribution in [0.15, 0.2) is 30.3 Å². The summed E-state index contributed by atoms with van der Waals surface area (Å²) in [4.78, 5) is 3.25. The Morgan fingerprint density at radius 1 is 0.944 bits per heavy atom. The van der Waals surface area contributed by atoms with Gasteiger partial charge in [0.1, 0.15) is 17.2 Å². The second-order valence-corrected chi connectivity index (χ2v) is 4.11. The third-order valence-corrected chi connectivity index (χ3v) is 3.09. The molecule has 0 aliphatic heterocycles. The molecule has 4 nitrogen and oxygen atoms in total. The minimum absolute atomic E-state index is 0.198. The van der Waals surface area contributed by atoms with Crippen LogP contribution in [0.25, 0.3) is 21.8 Å². The Bertz CT molecular complexity index is 731. The van der Waals surface area contributed by atoms with Crippen molar-refractivity contribution in [1.29, 1.82) is 0 Å². The number of phenols is 1. The molecule has 18 heavy (non-hydrogen) atoms. The lowest BCUT2D eigenvalue weighted by Gasteiger charge is -2.02. The van der Waals surface area contributed by atoms with E-state index < -0.39 is 0 Å². The average Bonchev–Trinajstić information content (AvgIpc) is 2.75. The Morgan fingerprint density at radius 3 is 2.44 bits per heavy atom. The molecule has 0 aliphatic rings. The Morgan fingerprint density at radius 2 is 1.72 bits per heavy atom. The molecule has 3 aromatic rings. The summed E-state index contributed by atoms with van der Waals surface area (Å²) in [5.74, 6) is 1.58. The molecule has 1 aromatic heterocycles. The maximum Gasteiger partial charge on any atom is 0.129 e. The van der Waals surface area contributed by atoms with Crippen molar-refractivity contribution in [2.75, 3.05) is 14.2 Å². The summed E-state index contributed by atoms with van der Waals surface area (Å²) < 4.78 is 10.3. The summed E-state index contributed by atoms with van der Waals surface area (Å²) >= 11 is 0. The number of phenolic OH excluding ortho intramolecular Hbond substituents is 1. The number of nitrogens with one attached hydrogen (secondary N) is 1. The fourth-order valence-corrected chi connectivity index (χ4v) is 2.21. The van der Waals surface area contributed by atoms with E-state index >= 15 is 0 Å². The van der Waals surface area contributed by atoms with Crippen molar-refractivity contribution < 1.29 is 14.6 Å². The zero-order valence-electron chi connectivity index (χ0n) is 10.2. The van der Waals surface area contributed by atoms with E-state index in [9.17, 15) is 5.11 Å². The summed E-state index contributed by atoms with van der Waals surface area (Å²) in [6.07, 6.45) is 0. The van der Waals surface area contributed by atoms with E-state index in [0.717, 1.165) is 27.6 Å². The van der Waals surface area contributed by atoms with Crippen LogP contribution in [0.3, 0.4) is 0 Å². The van der Waals surface area contributed by atoms with Gasteiger partial charge < -0.3 is 19.6 Å². The molecule has 0 atom stereocenters. The van der Waals surface area contributed by atoms with E-state index in [1.807, 2.05) is 24.3 Å². The van der Waals surface area contributed by atoms with Gasteiger partial charge in [0.2, 0.25) is 0 Å². The highest BCUT2D eigenvalue weighted by Crippen LogP contribution is 2.37. The van der Waals surface area contributed by atoms with E-state index in [1.165, 1.54) is 0 Å². The zero-order chi connectivity index (χ0) is 12.7. The lowest BCUT2D eigenvalue weighted by atomic mass is 10.1. The van der Waals surface area contributed by atoms with Gasteiger partial charge in [-0.2, -0.15) is 0 Å². The number of aromatic amines is 1. The van der Waals surface area contributed by atoms with Crippen molar-refractivity contribution in [3.05, 3.63) is 30.3 Å². The highest BCUT2D eigenvalue weighted by Gasteiger charge is 2.11. The van der Waals surface area contributed by atoms with E-state index in [2.05, 4.69) is 4.98 Å². The largest absolute Gasteiger partial charge is 0.507 e. The van der Waals surface area contributed by atoms with Gasteiger partial charge in [-0.3, -0.25) is 0 Å². The van der Waals surface area contributed by atoms with Crippen LogP contribution in [-0.2, 0) is 0 Å². The van der Waals surface area contributed by atoms with Gasteiger partial charge in [0, 0.05) is 28.4 Å². The monoisotopic (exact) mass is 243 g/mol. The number of hydrogen-bond donors (Lipinski definition) is 2. The number of fused-ring (bicyclic) bond motifs is 3. The van der Waals surface area contributed by atoms with Crippen molar-refractivity contribution in [2.45, 2.75) is 0 Å². The SMILES string of the molecule is COc1cc(O)c2c(c1)[nH]c1ccc(OC)cc12. The van der Waals surface area contributed by atoms with Crippen molar-refractivity contribution in [2.24, 2.45) is 0 Å². The van der Waals surface area contributed by atoms with Gasteiger partial charge >= 0.3 is 0 Å². The number of methoxy groups -OCH3 is 2. The van der Waals surface area contributed by atoms with Gasteiger partial charge in [-0.05, 0) is 18.2 Å². The van der Waals surface area contributed by atoms with Crippen LogP contribution >= 0.6 is 0 Å². The van der Waals surface area contributed by atoms with Gasteiger partial charge in [-0.15, -0.1) is 0 Å². The smallest absolute Gasteiger partial charge is 0.129 e. The molecule has 4 heteroatoms. The van der Waals surface area contributed by atoms with Crippen LogP contribution in [0.5, 0.6) is 17.2 Å². The van der Waals surface area contributed by atoms with Crippen molar-refractivity contribution in [3.63, 3.8) is 0 Å². The highest BCUT2D eigenvalue weighted by molar-refractivity contribution is 6.11. The minimum Gasteiger partial charge on any atom is -0.507 e. The van der Waals surface area contributed by atoms with Gasteiger partial charge in [-0.25, -0.2) is 0 Å². The molecule has 0 spiro atoms. The zero-order valence-corrected chi connectivity index (χ0v) is 10.2. The molecule has 0 saturated carbocycles. The molecule has 0 bridgehead atoms. The molecule has 0 amide bonds. The van der Waals surface area contributed by atoms with E-state index in [0.29, 0.717) is 5.75 Å². The van der Waals surface area contributed by atoms with Gasteiger partial charge in [0.25, 0.3) is 0 Å². The van der Waals surface area contributed by atoms with Gasteiger partial charge in [0.05, 0.1) is 19.7 Å². The predicted octanol–water partition coefficient (Wildman–Crippen LogP) is 3.04. The summed E-state index contributed by atoms with van der Waals surface area (Å²) in [5, 5.41) is 11.8. The summed E-state index contributed by atoms with van der Waals surface area (Å²) in [5.41, 5.74) is 1.80. The number of aromatic hydroxyl groups is 1. The molecule has 0 radical (unpaired) electrons. The first-order valence-corrected chi connectivity index (χ1v) is 5.59. The molecule has 2 N–H and O–H groups in total. The number of benzene rings is 2. The fourth-order valence-electron chi connectivity index (χ4n) is 2.21. The van der Waals surface area contributed by atoms with Crippen LogP contribution in [0.2, 0.25) is 0 Å². The normalized spacial score (nSPS) is 11.0. The molecular formula is C14H13NO3. The maximum atomic E-state index is 10.1. The first-order valence-electron chi connectivity index (χ1n) is 5.59. The number of ether oxygens (including phenoxy) is 2. The molecule has 3 rings (SSSR count). The Balaban J connectivity index is 2.41. The summed E-state index contributed by atoms with van der Waals surface area (Å²) in [6.45, 7) is 0. The van der Waals surface area contributed by atoms with Crippen LogP contribution in [0, 0.1) is 0 Å². The third-order valence-electron chi connectivity index (χ3n) is 3.09. The Labute approximate surface area is 104 Å². The molecular weight excluding hydrogens is 230 g/mol. The van der Waals surface area contributed by atoms with Crippen molar-refractivity contribution in [1.82, 2.24) is 4.98 Å². The predicted molar refractivity (Wildman–Crippen MR) is 70.6 cm³/mol. The van der Waals surface area contributed by atoms with E-state index in [-0.39, 0.29) is 5.75 Å². The number of aromatic nitrogens is 1. The molecule has 2 aromatic carbocycles. The summed E-state index contributed by atoms with van der Waals surface area (Å²) in [7, 11) is 3.20. The second kappa shape index (κ2) is 3.84. The first-order chi connectivity index (χ1) is 8.72. The van der Waals surface area contributed by atoms with Crippen LogP contribution in [0.1, 0.15) is 0 Å². The number of rotatable bonds is 2. The standard InChI is InChI=1S/C14H13NO3/c1-17-8-3-4-11-10(5-8)14-12(15-11)6-9(18-2)7-13(14)16/h3-7,15-16H,1-2H3. The second-order valence-electron chi connectivity index (χ2n) is 4.11. The lowest BCUT2D eigenvalue weighted by Crippen LogP contribution is -1.82. The lowest BCUT2D eigenvalue weighted by molar-refractivity contribution is 0.409. The molecule has 92 valence electrons. The molecule has 0 aliphatic carbocycles. The number of hydrogen-bond acceptors (Lipinski definition) is 3. The molecule has 0 fully saturated rings. The van der Waals surface area contributed by atoms with Gasteiger partial charge in [-0.1, -0.05) is 0 Å². The minimum atomic E-state index is 0.198. The van der Waals surface area contributed by atoms with Crippen molar-refractivity contribution in [3.8, 4) is 17.2 Å². The first kappa shape index (κ1) is 10.8. The molecule has 0 saturated heterocycles. The van der Waals surface area contributed by atoms with Crippen LogP contribution in [-0.4, -0.2) is 24.3 Å². The van der Waals surface area contributed by atoms with Crippen LogP contribution in [0.4, 0.5) is 0 Å². The maximum absolute atomic E-state index is 10.1. The third kappa shape index (κ3) is 1.46. The van der Waals surface area contributed by atoms with Gasteiger partial charge in [0.15, 0.2) is 0 Å². The average molecular weight is 243 g/mol. The number of H-pyrrole nitrogens is 1.